The summed E-state index contributed by atoms with van der Waals surface area (Å²) in [6, 6.07) is 23.1. The molecule has 0 aliphatic rings. The van der Waals surface area contributed by atoms with Gasteiger partial charge in [-0.1, -0.05) is 54.6 Å². The van der Waals surface area contributed by atoms with Crippen molar-refractivity contribution in [2.75, 3.05) is 11.9 Å². The molecule has 3 aromatic carbocycles. The molecule has 0 saturated heterocycles. The van der Waals surface area contributed by atoms with Gasteiger partial charge in [0.2, 0.25) is 5.95 Å². The van der Waals surface area contributed by atoms with E-state index in [1.54, 1.807) is 12.1 Å². The zero-order chi connectivity index (χ0) is 20.9. The van der Waals surface area contributed by atoms with Crippen LogP contribution in [0.25, 0.3) is 22.2 Å². The monoisotopic (exact) mass is 400 g/mol. The lowest BCUT2D eigenvalue weighted by Crippen LogP contribution is -2.46. The van der Waals surface area contributed by atoms with Crippen LogP contribution in [0.3, 0.4) is 0 Å². The van der Waals surface area contributed by atoms with Crippen LogP contribution >= 0.6 is 0 Å². The van der Waals surface area contributed by atoms with Crippen molar-refractivity contribution >= 4 is 28.8 Å². The van der Waals surface area contributed by atoms with Crippen LogP contribution in [0, 0.1) is 0 Å². The Hall–Kier alpha value is -3.97. The molecule has 30 heavy (non-hydrogen) atoms. The number of rotatable bonds is 6. The van der Waals surface area contributed by atoms with Gasteiger partial charge in [-0.15, -0.1) is 0 Å². The number of hydrogen-bond acceptors (Lipinski definition) is 4. The number of imidazole rings is 1. The minimum Gasteiger partial charge on any atom is -0.394 e. The molecule has 2 amide bonds. The second kappa shape index (κ2) is 8.59. The Kier molecular flexibility index (Phi) is 5.54. The van der Waals surface area contributed by atoms with Gasteiger partial charge >= 0.3 is 0 Å². The van der Waals surface area contributed by atoms with Crippen LogP contribution in [0.2, 0.25) is 0 Å². The van der Waals surface area contributed by atoms with Gasteiger partial charge < -0.3 is 15.4 Å². The summed E-state index contributed by atoms with van der Waals surface area (Å²) >= 11 is 0. The van der Waals surface area contributed by atoms with Crippen molar-refractivity contribution in [3.63, 3.8) is 0 Å². The number of aromatic nitrogens is 2. The van der Waals surface area contributed by atoms with Crippen molar-refractivity contribution in [1.82, 2.24) is 15.3 Å². The molecule has 7 nitrogen and oxygen atoms in total. The Morgan fingerprint density at radius 2 is 1.57 bits per heavy atom. The highest BCUT2D eigenvalue weighted by Gasteiger charge is 2.21. The minimum atomic E-state index is -1.11. The Morgan fingerprint density at radius 1 is 0.900 bits per heavy atom. The molecule has 4 aromatic rings. The number of aliphatic hydroxyl groups is 1. The zero-order valence-electron chi connectivity index (χ0n) is 16.0. The van der Waals surface area contributed by atoms with Gasteiger partial charge in [-0.05, 0) is 35.4 Å². The molecular formula is C23H20N4O3. The summed E-state index contributed by atoms with van der Waals surface area (Å²) in [5, 5.41) is 14.7. The van der Waals surface area contributed by atoms with E-state index in [4.69, 9.17) is 0 Å². The molecule has 4 N–H and O–H groups in total. The summed E-state index contributed by atoms with van der Waals surface area (Å²) in [5.74, 6) is -0.764. The maximum atomic E-state index is 12.5. The van der Waals surface area contributed by atoms with E-state index >= 15 is 0 Å². The van der Waals surface area contributed by atoms with Crippen LogP contribution in [0.1, 0.15) is 10.4 Å². The number of aliphatic hydroxyl groups excluding tert-OH is 1. The van der Waals surface area contributed by atoms with E-state index in [0.29, 0.717) is 11.1 Å². The SMILES string of the molecule is O=C(N[C@@H](CO)C(=O)Nc1nc2ccccc2[nH]1)c1ccc(-c2ccccc2)cc1. The van der Waals surface area contributed by atoms with E-state index in [9.17, 15) is 14.7 Å². The number of carbonyl (C=O) groups is 2. The fourth-order valence-electron chi connectivity index (χ4n) is 3.10. The third-order valence-corrected chi connectivity index (χ3v) is 4.69. The van der Waals surface area contributed by atoms with Crippen LogP contribution in [-0.2, 0) is 4.79 Å². The average molecular weight is 400 g/mol. The normalized spacial score (nSPS) is 11.8. The predicted octanol–water partition coefficient (Wildman–Crippen LogP) is 2.96. The van der Waals surface area contributed by atoms with Crippen LogP contribution in [0.15, 0.2) is 78.9 Å². The maximum Gasteiger partial charge on any atom is 0.251 e. The number of H-pyrrole nitrogens is 1. The summed E-state index contributed by atoms with van der Waals surface area (Å²) in [6.45, 7) is -0.542. The van der Waals surface area contributed by atoms with E-state index in [1.165, 1.54) is 0 Å². The van der Waals surface area contributed by atoms with Gasteiger partial charge in [0, 0.05) is 5.56 Å². The summed E-state index contributed by atoms with van der Waals surface area (Å²) in [4.78, 5) is 32.3. The number of para-hydroxylation sites is 2. The van der Waals surface area contributed by atoms with Gasteiger partial charge in [0.15, 0.2) is 0 Å². The molecule has 0 unspecified atom stereocenters. The lowest BCUT2D eigenvalue weighted by molar-refractivity contribution is -0.118. The quantitative estimate of drug-likeness (QED) is 0.399. The van der Waals surface area contributed by atoms with E-state index in [2.05, 4.69) is 20.6 Å². The fourth-order valence-corrected chi connectivity index (χ4v) is 3.10. The van der Waals surface area contributed by atoms with Crippen LogP contribution in [-0.4, -0.2) is 39.5 Å². The highest BCUT2D eigenvalue weighted by atomic mass is 16.3. The number of nitrogens with one attached hydrogen (secondary N) is 3. The first-order valence-electron chi connectivity index (χ1n) is 9.47. The Balaban J connectivity index is 1.42. The molecule has 150 valence electrons. The lowest BCUT2D eigenvalue weighted by atomic mass is 10.0. The van der Waals surface area contributed by atoms with Crippen LogP contribution in [0.4, 0.5) is 5.95 Å². The Morgan fingerprint density at radius 3 is 2.27 bits per heavy atom. The van der Waals surface area contributed by atoms with Crippen molar-refractivity contribution in [3.05, 3.63) is 84.4 Å². The van der Waals surface area contributed by atoms with Gasteiger partial charge in [-0.25, -0.2) is 4.98 Å². The van der Waals surface area contributed by atoms with Gasteiger partial charge in [-0.2, -0.15) is 0 Å². The molecule has 0 fully saturated rings. The van der Waals surface area contributed by atoms with Gasteiger partial charge in [-0.3, -0.25) is 14.9 Å². The summed E-state index contributed by atoms with van der Waals surface area (Å²) in [5.41, 5.74) is 3.90. The first-order valence-corrected chi connectivity index (χ1v) is 9.47. The fraction of sp³-hybridized carbons (Fsp3) is 0.0870. The van der Waals surface area contributed by atoms with Gasteiger partial charge in [0.05, 0.1) is 17.6 Å². The molecule has 1 heterocycles. The molecule has 0 bridgehead atoms. The Bertz CT molecular complexity index is 1140. The molecule has 0 radical (unpaired) electrons. The third kappa shape index (κ3) is 4.21. The number of benzene rings is 3. The number of fused-ring (bicyclic) bond motifs is 1. The Labute approximate surface area is 172 Å². The number of nitrogens with zero attached hydrogens (tertiary/aromatic N) is 1. The van der Waals surface area contributed by atoms with Crippen LogP contribution in [0.5, 0.6) is 0 Å². The topological polar surface area (TPSA) is 107 Å². The van der Waals surface area contributed by atoms with Crippen molar-refractivity contribution in [1.29, 1.82) is 0 Å². The molecule has 0 aliphatic carbocycles. The first-order chi connectivity index (χ1) is 14.6. The standard InChI is InChI=1S/C23H20N4O3/c28-14-20(22(30)27-23-25-18-8-4-5-9-19(18)26-23)24-21(29)17-12-10-16(11-13-17)15-6-2-1-3-7-15/h1-13,20,28H,14H2,(H,24,29)(H2,25,26,27,30)/t20-/m0/s1. The first kappa shape index (κ1) is 19.4. The number of amides is 2. The molecular weight excluding hydrogens is 380 g/mol. The average Bonchev–Trinajstić information content (AvgIpc) is 3.20. The van der Waals surface area contributed by atoms with Crippen molar-refractivity contribution in [2.45, 2.75) is 6.04 Å². The number of carbonyl (C=O) groups excluding carboxylic acids is 2. The number of aromatic amines is 1. The molecule has 0 spiro atoms. The highest BCUT2D eigenvalue weighted by Crippen LogP contribution is 2.19. The van der Waals surface area contributed by atoms with Crippen molar-refractivity contribution in [2.24, 2.45) is 0 Å². The summed E-state index contributed by atoms with van der Waals surface area (Å²) in [7, 11) is 0. The number of anilines is 1. The van der Waals surface area contributed by atoms with Crippen molar-refractivity contribution in [3.8, 4) is 11.1 Å². The molecule has 1 atom stereocenters. The van der Waals surface area contributed by atoms with E-state index in [-0.39, 0.29) is 5.95 Å². The predicted molar refractivity (Wildman–Crippen MR) is 115 cm³/mol. The van der Waals surface area contributed by atoms with Crippen LogP contribution < -0.4 is 10.6 Å². The number of hydrogen-bond donors (Lipinski definition) is 4. The maximum absolute atomic E-state index is 12.5. The summed E-state index contributed by atoms with van der Waals surface area (Å²) < 4.78 is 0. The van der Waals surface area contributed by atoms with Gasteiger partial charge in [0.1, 0.15) is 6.04 Å². The molecule has 7 heteroatoms. The molecule has 1 aromatic heterocycles. The lowest BCUT2D eigenvalue weighted by Gasteiger charge is -2.15. The second-order valence-electron chi connectivity index (χ2n) is 6.74. The highest BCUT2D eigenvalue weighted by molar-refractivity contribution is 6.01. The van der Waals surface area contributed by atoms with Crippen molar-refractivity contribution < 1.29 is 14.7 Å². The molecule has 4 rings (SSSR count). The zero-order valence-corrected chi connectivity index (χ0v) is 16.0. The molecule has 0 aliphatic heterocycles. The summed E-state index contributed by atoms with van der Waals surface area (Å²) in [6.07, 6.45) is 0. The minimum absolute atomic E-state index is 0.251. The second-order valence-corrected chi connectivity index (χ2v) is 6.74. The third-order valence-electron chi connectivity index (χ3n) is 4.69. The molecule has 0 saturated carbocycles. The van der Waals surface area contributed by atoms with E-state index in [0.717, 1.165) is 16.6 Å². The largest absolute Gasteiger partial charge is 0.394 e. The van der Waals surface area contributed by atoms with E-state index < -0.39 is 24.5 Å². The van der Waals surface area contributed by atoms with Gasteiger partial charge in [0.25, 0.3) is 11.8 Å². The smallest absolute Gasteiger partial charge is 0.251 e. The van der Waals surface area contributed by atoms with E-state index in [1.807, 2.05) is 66.7 Å².